The van der Waals surface area contributed by atoms with Crippen molar-refractivity contribution in [2.24, 2.45) is 0 Å². The number of rotatable bonds is 4. The fourth-order valence-corrected chi connectivity index (χ4v) is 5.53. The molecule has 0 aromatic heterocycles. The van der Waals surface area contributed by atoms with Crippen LogP contribution in [0.3, 0.4) is 0 Å². The quantitative estimate of drug-likeness (QED) is 0.204. The summed E-state index contributed by atoms with van der Waals surface area (Å²) in [5.74, 6) is -1.62. The maximum absolute atomic E-state index is 10.7. The molecule has 3 nitrogen and oxygen atoms in total. The third kappa shape index (κ3) is 6.72. The summed E-state index contributed by atoms with van der Waals surface area (Å²) in [4.78, 5) is 14.3. The highest BCUT2D eigenvalue weighted by Crippen LogP contribution is 2.31. The van der Waals surface area contributed by atoms with Gasteiger partial charge in [0.1, 0.15) is 0 Å². The lowest BCUT2D eigenvalue weighted by Gasteiger charge is -2.08. The molecule has 6 heteroatoms. The summed E-state index contributed by atoms with van der Waals surface area (Å²) in [5.41, 5.74) is -0.178. The van der Waals surface area contributed by atoms with Crippen molar-refractivity contribution in [3.05, 3.63) is 116 Å². The van der Waals surface area contributed by atoms with Crippen molar-refractivity contribution in [1.82, 2.24) is 0 Å². The summed E-state index contributed by atoms with van der Waals surface area (Å²) in [6.45, 7) is 0. The van der Waals surface area contributed by atoms with E-state index < -0.39 is 11.7 Å². The second-order valence-electron chi connectivity index (χ2n) is 6.33. The van der Waals surface area contributed by atoms with Crippen molar-refractivity contribution in [2.45, 2.75) is 14.7 Å². The Morgan fingerprint density at radius 2 is 1.06 bits per heavy atom. The van der Waals surface area contributed by atoms with Crippen molar-refractivity contribution in [3.8, 4) is 5.75 Å². The molecule has 0 bridgehead atoms. The Hall–Kier alpha value is -2.04. The molecule has 0 aliphatic heterocycles. The number of carbonyl (C=O) groups is 1. The van der Waals surface area contributed by atoms with Gasteiger partial charge in [0.05, 0.1) is 16.5 Å². The van der Waals surface area contributed by atoms with Gasteiger partial charge in [-0.1, -0.05) is 42.1 Å². The van der Waals surface area contributed by atoms with Crippen LogP contribution in [0.2, 0.25) is 0 Å². The predicted octanol–water partition coefficient (Wildman–Crippen LogP) is 6.45. The lowest BCUT2D eigenvalue weighted by molar-refractivity contribution is -0.268. The Bertz CT molecular complexity index is 1090. The molecule has 0 fully saturated rings. The van der Waals surface area contributed by atoms with E-state index in [0.29, 0.717) is 0 Å². The van der Waals surface area contributed by atoms with E-state index in [2.05, 4.69) is 124 Å². The maximum Gasteiger partial charge on any atom is 0.335 e. The SMILES string of the molecule is Ic1ccc([S+](c2ccccc2)c2ccc(I)cc2)cc1.O=C(O)c1ccccc1[O-]. The molecular formula is C25H18I2O3S. The minimum Gasteiger partial charge on any atom is -0.872 e. The third-order valence-corrected chi connectivity index (χ3v) is 7.86. The Labute approximate surface area is 211 Å². The Balaban J connectivity index is 0.000000229. The van der Waals surface area contributed by atoms with E-state index >= 15 is 0 Å². The average Bonchev–Trinajstić information content (AvgIpc) is 2.78. The molecule has 4 aromatic carbocycles. The van der Waals surface area contributed by atoms with E-state index in [-0.39, 0.29) is 16.5 Å². The molecule has 0 spiro atoms. The molecular weight excluding hydrogens is 634 g/mol. The molecule has 0 aliphatic rings. The van der Waals surface area contributed by atoms with Crippen molar-refractivity contribution in [3.63, 3.8) is 0 Å². The molecule has 0 radical (unpaired) electrons. The Kier molecular flexibility index (Phi) is 8.79. The third-order valence-electron chi connectivity index (χ3n) is 4.20. The number of carboxylic acid groups (broad SMARTS) is 1. The summed E-state index contributed by atoms with van der Waals surface area (Å²) in [7, 11) is -0.0378. The molecule has 1 N–H and O–H groups in total. The second kappa shape index (κ2) is 11.5. The summed E-state index contributed by atoms with van der Waals surface area (Å²) < 4.78 is 2.55. The van der Waals surface area contributed by atoms with E-state index in [1.54, 1.807) is 0 Å². The molecule has 0 atom stereocenters. The first-order valence-electron chi connectivity index (χ1n) is 9.25. The number of para-hydroxylation sites is 1. The fraction of sp³-hybridized carbons (Fsp3) is 0. The van der Waals surface area contributed by atoms with Crippen molar-refractivity contribution in [2.75, 3.05) is 0 Å². The van der Waals surface area contributed by atoms with Crippen molar-refractivity contribution in [1.29, 1.82) is 0 Å². The smallest absolute Gasteiger partial charge is 0.335 e. The van der Waals surface area contributed by atoms with E-state index in [1.807, 2.05) is 0 Å². The second-order valence-corrected chi connectivity index (χ2v) is 10.8. The van der Waals surface area contributed by atoms with Gasteiger partial charge in [-0.15, -0.1) is 0 Å². The van der Waals surface area contributed by atoms with E-state index in [9.17, 15) is 9.90 Å². The van der Waals surface area contributed by atoms with Crippen LogP contribution in [0.1, 0.15) is 10.4 Å². The zero-order valence-electron chi connectivity index (χ0n) is 16.2. The van der Waals surface area contributed by atoms with Crippen LogP contribution in [0.15, 0.2) is 118 Å². The van der Waals surface area contributed by atoms with Gasteiger partial charge in [0.2, 0.25) is 0 Å². The Morgan fingerprint density at radius 1 is 0.645 bits per heavy atom. The summed E-state index contributed by atoms with van der Waals surface area (Å²) in [6, 6.07) is 34.0. The predicted molar refractivity (Wildman–Crippen MR) is 140 cm³/mol. The number of aromatic carboxylic acids is 1. The fourth-order valence-electron chi connectivity index (χ4n) is 2.75. The van der Waals surface area contributed by atoms with Gasteiger partial charge in [0.15, 0.2) is 14.7 Å². The standard InChI is InChI=1S/C18H13I2S.C7H6O3/c19-14-6-10-17(11-7-14)21(16-4-2-1-3-5-16)18-12-8-15(20)9-13-18;8-6-4-2-1-3-5(6)7(9)10/h1-13H;1-4,8H,(H,9,10)/q+1;/p-1. The van der Waals surface area contributed by atoms with Gasteiger partial charge in [0.25, 0.3) is 0 Å². The zero-order valence-corrected chi connectivity index (χ0v) is 21.4. The van der Waals surface area contributed by atoms with Crippen LogP contribution in [-0.4, -0.2) is 11.1 Å². The van der Waals surface area contributed by atoms with Crippen molar-refractivity contribution < 1.29 is 15.0 Å². The highest BCUT2D eigenvalue weighted by atomic mass is 127. The van der Waals surface area contributed by atoms with Gasteiger partial charge >= 0.3 is 5.97 Å². The first kappa shape index (κ1) is 23.6. The molecule has 31 heavy (non-hydrogen) atoms. The molecule has 4 aromatic rings. The largest absolute Gasteiger partial charge is 0.872 e. The highest BCUT2D eigenvalue weighted by Gasteiger charge is 2.28. The van der Waals surface area contributed by atoms with Crippen LogP contribution >= 0.6 is 45.2 Å². The van der Waals surface area contributed by atoms with Gasteiger partial charge < -0.3 is 10.2 Å². The normalized spacial score (nSPS) is 10.3. The molecule has 156 valence electrons. The van der Waals surface area contributed by atoms with Crippen LogP contribution in [0.25, 0.3) is 0 Å². The first-order chi connectivity index (χ1) is 15.0. The van der Waals surface area contributed by atoms with Crippen LogP contribution in [0, 0.1) is 7.14 Å². The maximum atomic E-state index is 10.7. The highest BCUT2D eigenvalue weighted by molar-refractivity contribution is 14.1. The number of hydrogen-bond donors (Lipinski definition) is 1. The number of halogens is 2. The topological polar surface area (TPSA) is 60.4 Å². The molecule has 4 rings (SSSR count). The minimum atomic E-state index is -1.18. The van der Waals surface area contributed by atoms with Crippen molar-refractivity contribution >= 4 is 62.0 Å². The zero-order chi connectivity index (χ0) is 22.2. The van der Waals surface area contributed by atoms with Gasteiger partial charge in [-0.3, -0.25) is 0 Å². The monoisotopic (exact) mass is 652 g/mol. The molecule has 0 saturated carbocycles. The van der Waals surface area contributed by atoms with Gasteiger partial charge in [-0.05, 0) is 112 Å². The molecule has 0 saturated heterocycles. The minimum absolute atomic E-state index is 0.0378. The molecule has 0 heterocycles. The number of carboxylic acids is 1. The van der Waals surface area contributed by atoms with Crippen LogP contribution < -0.4 is 5.11 Å². The molecule has 0 amide bonds. The Morgan fingerprint density at radius 3 is 1.48 bits per heavy atom. The summed E-state index contributed by atoms with van der Waals surface area (Å²) in [6.07, 6.45) is 0. The van der Waals surface area contributed by atoms with Crippen LogP contribution in [0.4, 0.5) is 0 Å². The number of hydrogen-bond acceptors (Lipinski definition) is 2. The van der Waals surface area contributed by atoms with E-state index in [0.717, 1.165) is 0 Å². The van der Waals surface area contributed by atoms with Gasteiger partial charge in [0, 0.05) is 7.14 Å². The van der Waals surface area contributed by atoms with E-state index in [4.69, 9.17) is 5.11 Å². The van der Waals surface area contributed by atoms with Gasteiger partial charge in [-0.25, -0.2) is 4.79 Å². The first-order valence-corrected chi connectivity index (χ1v) is 12.6. The molecule has 0 unspecified atom stereocenters. The molecule has 0 aliphatic carbocycles. The van der Waals surface area contributed by atoms with E-state index in [1.165, 1.54) is 46.1 Å². The van der Waals surface area contributed by atoms with Gasteiger partial charge in [-0.2, -0.15) is 0 Å². The summed E-state index contributed by atoms with van der Waals surface area (Å²) in [5, 5.41) is 19.0. The summed E-state index contributed by atoms with van der Waals surface area (Å²) >= 11 is 4.71. The van der Waals surface area contributed by atoms with Crippen LogP contribution in [0.5, 0.6) is 5.75 Å². The lowest BCUT2D eigenvalue weighted by Crippen LogP contribution is -2.04. The van der Waals surface area contributed by atoms with Crippen LogP contribution in [-0.2, 0) is 10.9 Å². The average molecular weight is 652 g/mol. The lowest BCUT2D eigenvalue weighted by atomic mass is 10.2. The number of benzene rings is 4.